The molecule has 0 aliphatic carbocycles. The van der Waals surface area contributed by atoms with Crippen LogP contribution >= 0.6 is 7.60 Å². The van der Waals surface area contributed by atoms with E-state index in [-0.39, 0.29) is 0 Å². The van der Waals surface area contributed by atoms with Crippen LogP contribution in [0.2, 0.25) is 0 Å². The second-order valence-electron chi connectivity index (χ2n) is 5.93. The zero-order chi connectivity index (χ0) is 15.6. The lowest BCUT2D eigenvalue weighted by Gasteiger charge is -2.34. The minimum absolute atomic E-state index is 0.809. The topological polar surface area (TPSA) is 121 Å². The first-order valence-electron chi connectivity index (χ1n) is 5.68. The van der Waals surface area contributed by atoms with Gasteiger partial charge in [0.15, 0.2) is 0 Å². The predicted molar refractivity (Wildman–Crippen MR) is 67.7 cm³/mol. The monoisotopic (exact) mass is 296 g/mol. The maximum absolute atomic E-state index is 12.0. The average molecular weight is 296 g/mol. The van der Waals surface area contributed by atoms with Gasteiger partial charge in [-0.25, -0.2) is 0 Å². The molecule has 8 heteroatoms. The van der Waals surface area contributed by atoms with Crippen LogP contribution < -0.4 is 0 Å². The molecule has 0 aromatic heterocycles. The van der Waals surface area contributed by atoms with Crippen molar-refractivity contribution in [3.8, 4) is 0 Å². The normalized spacial score (nSPS) is 14.9. The van der Waals surface area contributed by atoms with Crippen molar-refractivity contribution in [1.29, 1.82) is 0 Å². The molecule has 1 atom stereocenters. The van der Waals surface area contributed by atoms with E-state index in [1.807, 2.05) is 0 Å². The van der Waals surface area contributed by atoms with Crippen molar-refractivity contribution in [2.75, 3.05) is 0 Å². The van der Waals surface area contributed by atoms with Gasteiger partial charge < -0.3 is 19.6 Å². The van der Waals surface area contributed by atoms with Crippen LogP contribution in [0, 0.1) is 5.41 Å². The Morgan fingerprint density at radius 1 is 1.16 bits per heavy atom. The maximum atomic E-state index is 12.0. The Morgan fingerprint density at radius 2 is 1.58 bits per heavy atom. The Morgan fingerprint density at radius 3 is 1.84 bits per heavy atom. The summed E-state index contributed by atoms with van der Waals surface area (Å²) in [4.78, 5) is 41.2. The molecule has 112 valence electrons. The molecule has 0 radical (unpaired) electrons. The SMILES string of the molecule is CC(C)(C)OC(=O)C(C)(C)C(CC(=O)O)P(=O)(O)O. The number of ether oxygens (including phenoxy) is 1. The van der Waals surface area contributed by atoms with E-state index in [4.69, 9.17) is 9.84 Å². The summed E-state index contributed by atoms with van der Waals surface area (Å²) in [6.07, 6.45) is -0.809. The summed E-state index contributed by atoms with van der Waals surface area (Å²) in [5.74, 6) is -2.22. The van der Waals surface area contributed by atoms with Gasteiger partial charge in [-0.15, -0.1) is 0 Å². The number of carbonyl (C=O) groups excluding carboxylic acids is 1. The zero-order valence-electron chi connectivity index (χ0n) is 11.7. The number of hydrogen-bond acceptors (Lipinski definition) is 4. The van der Waals surface area contributed by atoms with E-state index in [2.05, 4.69) is 0 Å². The molecule has 19 heavy (non-hydrogen) atoms. The van der Waals surface area contributed by atoms with E-state index in [1.165, 1.54) is 13.8 Å². The van der Waals surface area contributed by atoms with E-state index in [1.54, 1.807) is 20.8 Å². The van der Waals surface area contributed by atoms with Gasteiger partial charge in [0.1, 0.15) is 5.60 Å². The van der Waals surface area contributed by atoms with Gasteiger partial charge in [-0.2, -0.15) is 0 Å². The second kappa shape index (κ2) is 5.61. The molecule has 3 N–H and O–H groups in total. The number of hydrogen-bond donors (Lipinski definition) is 3. The first kappa shape index (κ1) is 18.1. The maximum Gasteiger partial charge on any atom is 0.330 e. The van der Waals surface area contributed by atoms with E-state index in [0.29, 0.717) is 0 Å². The Labute approximate surface area is 112 Å². The zero-order valence-corrected chi connectivity index (χ0v) is 12.6. The summed E-state index contributed by atoms with van der Waals surface area (Å²) >= 11 is 0. The molecule has 0 aromatic rings. The largest absolute Gasteiger partial charge is 0.481 e. The molecule has 0 fully saturated rings. The summed E-state index contributed by atoms with van der Waals surface area (Å²) in [6, 6.07) is 0. The quantitative estimate of drug-likeness (QED) is 0.517. The van der Waals surface area contributed by atoms with Gasteiger partial charge in [0.2, 0.25) is 0 Å². The second-order valence-corrected chi connectivity index (χ2v) is 7.73. The molecule has 1 unspecified atom stereocenters. The molecule has 0 aliphatic heterocycles. The summed E-state index contributed by atoms with van der Waals surface area (Å²) in [6.45, 7) is 7.39. The highest BCUT2D eigenvalue weighted by Gasteiger charge is 2.49. The fourth-order valence-corrected chi connectivity index (χ4v) is 2.85. The molecular formula is C11H21O7P. The molecule has 0 heterocycles. The fraction of sp³-hybridized carbons (Fsp3) is 0.818. The van der Waals surface area contributed by atoms with Gasteiger partial charge >= 0.3 is 19.5 Å². The molecule has 0 saturated heterocycles. The third-order valence-electron chi connectivity index (χ3n) is 2.53. The molecule has 0 spiro atoms. The lowest BCUT2D eigenvalue weighted by molar-refractivity contribution is -0.166. The fourth-order valence-electron chi connectivity index (χ4n) is 1.51. The van der Waals surface area contributed by atoms with E-state index in [9.17, 15) is 23.9 Å². The predicted octanol–water partition coefficient (Wildman–Crippen LogP) is 1.38. The van der Waals surface area contributed by atoms with Crippen LogP contribution in [0.15, 0.2) is 0 Å². The highest BCUT2D eigenvalue weighted by molar-refractivity contribution is 7.52. The first-order chi connectivity index (χ1) is 8.18. The van der Waals surface area contributed by atoms with Crippen LogP contribution in [0.1, 0.15) is 41.0 Å². The molecule has 0 amide bonds. The molecule has 7 nitrogen and oxygen atoms in total. The van der Waals surface area contributed by atoms with Crippen molar-refractivity contribution in [1.82, 2.24) is 0 Å². The molecule has 0 bridgehead atoms. The van der Waals surface area contributed by atoms with Crippen molar-refractivity contribution in [3.63, 3.8) is 0 Å². The minimum atomic E-state index is -4.75. The molecule has 0 aliphatic rings. The summed E-state index contributed by atoms with van der Waals surface area (Å²) in [5.41, 5.74) is -4.06. The van der Waals surface area contributed by atoms with Gasteiger partial charge in [0, 0.05) is 0 Å². The third kappa shape index (κ3) is 5.72. The van der Waals surface area contributed by atoms with Crippen LogP contribution in [0.25, 0.3) is 0 Å². The van der Waals surface area contributed by atoms with Gasteiger partial charge in [0.25, 0.3) is 0 Å². The smallest absolute Gasteiger partial charge is 0.330 e. The lowest BCUT2D eigenvalue weighted by Crippen LogP contribution is -2.42. The summed E-state index contributed by atoms with van der Waals surface area (Å²) in [7, 11) is -4.75. The number of aliphatic carboxylic acids is 1. The summed E-state index contributed by atoms with van der Waals surface area (Å²) < 4.78 is 16.5. The first-order valence-corrected chi connectivity index (χ1v) is 7.36. The van der Waals surface area contributed by atoms with Gasteiger partial charge in [-0.05, 0) is 34.6 Å². The standard InChI is InChI=1S/C11H21O7P/c1-10(2,3)18-9(14)11(4,5)7(6-8(12)13)19(15,16)17/h7H,6H2,1-5H3,(H,12,13)(H2,15,16,17). The highest BCUT2D eigenvalue weighted by Crippen LogP contribution is 2.52. The molecule has 0 aromatic carbocycles. The lowest BCUT2D eigenvalue weighted by atomic mass is 9.87. The van der Waals surface area contributed by atoms with Crippen molar-refractivity contribution >= 4 is 19.5 Å². The number of carboxylic acids is 1. The Kier molecular flexibility index (Phi) is 5.34. The van der Waals surface area contributed by atoms with E-state index >= 15 is 0 Å². The van der Waals surface area contributed by atoms with Crippen molar-refractivity contribution in [2.24, 2.45) is 5.41 Å². The number of carboxylic acid groups (broad SMARTS) is 1. The third-order valence-corrected chi connectivity index (χ3v) is 4.17. The Bertz CT molecular complexity index is 402. The van der Waals surface area contributed by atoms with Crippen LogP contribution in [0.5, 0.6) is 0 Å². The van der Waals surface area contributed by atoms with Crippen molar-refractivity contribution in [3.05, 3.63) is 0 Å². The van der Waals surface area contributed by atoms with E-state index < -0.39 is 42.6 Å². The average Bonchev–Trinajstić information content (AvgIpc) is 2.08. The van der Waals surface area contributed by atoms with E-state index in [0.717, 1.165) is 0 Å². The van der Waals surface area contributed by atoms with Crippen LogP contribution in [-0.2, 0) is 18.9 Å². The minimum Gasteiger partial charge on any atom is -0.481 e. The van der Waals surface area contributed by atoms with Crippen molar-refractivity contribution in [2.45, 2.75) is 52.3 Å². The Balaban J connectivity index is 5.36. The van der Waals surface area contributed by atoms with Gasteiger partial charge in [-0.3, -0.25) is 14.2 Å². The van der Waals surface area contributed by atoms with Crippen LogP contribution in [-0.4, -0.2) is 38.1 Å². The molecular weight excluding hydrogens is 275 g/mol. The molecule has 0 rings (SSSR count). The van der Waals surface area contributed by atoms with Gasteiger partial charge in [0.05, 0.1) is 17.5 Å². The van der Waals surface area contributed by atoms with Crippen molar-refractivity contribution < 1.29 is 33.8 Å². The number of rotatable bonds is 5. The van der Waals surface area contributed by atoms with Gasteiger partial charge in [-0.1, -0.05) is 0 Å². The van der Waals surface area contributed by atoms with Crippen LogP contribution in [0.3, 0.4) is 0 Å². The van der Waals surface area contributed by atoms with Crippen LogP contribution in [0.4, 0.5) is 0 Å². The summed E-state index contributed by atoms with van der Waals surface area (Å²) in [5, 5.41) is 8.73. The molecule has 0 saturated carbocycles. The Hall–Kier alpha value is -0.910. The number of esters is 1. The number of carbonyl (C=O) groups is 2. The highest BCUT2D eigenvalue weighted by atomic mass is 31.2.